The van der Waals surface area contributed by atoms with Crippen molar-refractivity contribution >= 4 is 33.3 Å². The van der Waals surface area contributed by atoms with E-state index in [1.54, 1.807) is 6.07 Å². The minimum Gasteiger partial charge on any atom is -0.370 e. The molecule has 8 nitrogen and oxygen atoms in total. The van der Waals surface area contributed by atoms with Gasteiger partial charge in [0.2, 0.25) is 10.0 Å². The first kappa shape index (κ1) is 20.4. The number of guanidine groups is 1. The van der Waals surface area contributed by atoms with Crippen LogP contribution >= 0.6 is 11.6 Å². The molecule has 0 radical (unpaired) electrons. The first-order valence-electron chi connectivity index (χ1n) is 8.91. The predicted octanol–water partition coefficient (Wildman–Crippen LogP) is 1.15. The summed E-state index contributed by atoms with van der Waals surface area (Å²) in [7, 11) is -3.58. The van der Waals surface area contributed by atoms with Crippen LogP contribution in [0, 0.1) is 0 Å². The number of pyridine rings is 1. The molecule has 10 heteroatoms. The minimum absolute atomic E-state index is 0.130. The lowest BCUT2D eigenvalue weighted by atomic mass is 10.2. The number of anilines is 1. The number of piperazine rings is 1. The molecule has 0 spiro atoms. The summed E-state index contributed by atoms with van der Waals surface area (Å²) in [4.78, 5) is 12.5. The summed E-state index contributed by atoms with van der Waals surface area (Å²) in [5.74, 6) is 0.427. The Morgan fingerprint density at radius 2 is 1.89 bits per heavy atom. The maximum atomic E-state index is 12.1. The van der Waals surface area contributed by atoms with Gasteiger partial charge >= 0.3 is 0 Å². The van der Waals surface area contributed by atoms with Crippen molar-refractivity contribution in [1.29, 1.82) is 0 Å². The van der Waals surface area contributed by atoms with Crippen LogP contribution in [0.3, 0.4) is 0 Å². The molecular formula is C18H23ClN6O2S. The van der Waals surface area contributed by atoms with Crippen LogP contribution in [-0.4, -0.2) is 63.5 Å². The molecule has 0 saturated carbocycles. The molecule has 0 unspecified atom stereocenters. The van der Waals surface area contributed by atoms with E-state index in [1.165, 1.54) is 18.5 Å². The van der Waals surface area contributed by atoms with Crippen molar-refractivity contribution in [1.82, 2.24) is 14.6 Å². The van der Waals surface area contributed by atoms with Crippen LogP contribution in [0.1, 0.15) is 0 Å². The maximum Gasteiger partial charge on any atom is 0.242 e. The molecule has 0 atom stereocenters. The van der Waals surface area contributed by atoms with Crippen LogP contribution < -0.4 is 15.4 Å². The summed E-state index contributed by atoms with van der Waals surface area (Å²) in [6.07, 6.45) is 2.83. The fourth-order valence-corrected chi connectivity index (χ4v) is 4.00. The summed E-state index contributed by atoms with van der Waals surface area (Å²) >= 11 is 5.93. The van der Waals surface area contributed by atoms with Crippen LogP contribution in [0.15, 0.2) is 58.7 Å². The topological polar surface area (TPSA) is 104 Å². The van der Waals surface area contributed by atoms with E-state index in [0.29, 0.717) is 5.96 Å². The molecule has 28 heavy (non-hydrogen) atoms. The average molecular weight is 423 g/mol. The van der Waals surface area contributed by atoms with Crippen LogP contribution in [0.4, 0.5) is 5.69 Å². The highest BCUT2D eigenvalue weighted by Crippen LogP contribution is 2.19. The van der Waals surface area contributed by atoms with Gasteiger partial charge in [-0.05, 0) is 36.4 Å². The molecule has 1 saturated heterocycles. The monoisotopic (exact) mass is 422 g/mol. The number of halogens is 1. The Labute approximate surface area is 170 Å². The molecule has 0 aliphatic carbocycles. The van der Waals surface area contributed by atoms with Gasteiger partial charge in [0, 0.05) is 55.8 Å². The van der Waals surface area contributed by atoms with Crippen molar-refractivity contribution in [2.24, 2.45) is 10.7 Å². The minimum atomic E-state index is -3.58. The van der Waals surface area contributed by atoms with E-state index in [0.717, 1.165) is 36.9 Å². The molecule has 2 aromatic rings. The van der Waals surface area contributed by atoms with Crippen molar-refractivity contribution in [3.63, 3.8) is 0 Å². The van der Waals surface area contributed by atoms with Gasteiger partial charge in [0.05, 0.1) is 6.54 Å². The fraction of sp³-hybridized carbons (Fsp3) is 0.333. The van der Waals surface area contributed by atoms with E-state index in [4.69, 9.17) is 17.3 Å². The Morgan fingerprint density at radius 1 is 1.18 bits per heavy atom. The Balaban J connectivity index is 1.45. The Bertz CT molecular complexity index is 897. The number of hydrogen-bond donors (Lipinski definition) is 2. The molecule has 0 amide bonds. The number of nitrogens with zero attached hydrogens (tertiary/aromatic N) is 4. The summed E-state index contributed by atoms with van der Waals surface area (Å²) < 4.78 is 26.7. The van der Waals surface area contributed by atoms with Crippen molar-refractivity contribution in [3.05, 3.63) is 53.8 Å². The third kappa shape index (κ3) is 5.34. The number of aliphatic imine (C=N–C) groups is 1. The Hall–Kier alpha value is -2.36. The lowest BCUT2D eigenvalue weighted by Gasteiger charge is -2.36. The van der Waals surface area contributed by atoms with E-state index >= 15 is 0 Å². The van der Waals surface area contributed by atoms with Gasteiger partial charge < -0.3 is 15.5 Å². The standard InChI is InChI=1S/C18H23ClN6O2S/c19-15-3-5-16(6-4-15)24-10-12-25(13-11-24)18(20)22-8-9-23-28(26,27)17-2-1-7-21-14-17/h1-7,14,23H,8-13H2,(H2,20,22). The third-order valence-corrected chi connectivity index (χ3v) is 6.12. The second kappa shape index (κ2) is 9.22. The predicted molar refractivity (Wildman–Crippen MR) is 111 cm³/mol. The van der Waals surface area contributed by atoms with Crippen molar-refractivity contribution < 1.29 is 8.42 Å². The highest BCUT2D eigenvalue weighted by Gasteiger charge is 2.18. The molecule has 1 fully saturated rings. The van der Waals surface area contributed by atoms with Gasteiger partial charge in [0.1, 0.15) is 4.90 Å². The highest BCUT2D eigenvalue weighted by molar-refractivity contribution is 7.89. The molecule has 1 aromatic carbocycles. The van der Waals surface area contributed by atoms with E-state index < -0.39 is 10.0 Å². The van der Waals surface area contributed by atoms with E-state index in [9.17, 15) is 8.42 Å². The van der Waals surface area contributed by atoms with Crippen LogP contribution in [0.2, 0.25) is 5.02 Å². The first-order valence-corrected chi connectivity index (χ1v) is 10.8. The number of aromatic nitrogens is 1. The molecule has 3 rings (SSSR count). The van der Waals surface area contributed by atoms with Crippen molar-refractivity contribution in [2.75, 3.05) is 44.2 Å². The fourth-order valence-electron chi connectivity index (χ4n) is 2.89. The van der Waals surface area contributed by atoms with Gasteiger partial charge in [-0.2, -0.15) is 0 Å². The van der Waals surface area contributed by atoms with Gasteiger partial charge in [-0.1, -0.05) is 11.6 Å². The molecule has 3 N–H and O–H groups in total. The lowest BCUT2D eigenvalue weighted by molar-refractivity contribution is 0.381. The molecule has 1 aromatic heterocycles. The van der Waals surface area contributed by atoms with E-state index in [-0.39, 0.29) is 18.0 Å². The zero-order chi connectivity index (χ0) is 20.0. The van der Waals surface area contributed by atoms with Gasteiger partial charge in [-0.15, -0.1) is 0 Å². The van der Waals surface area contributed by atoms with Crippen molar-refractivity contribution in [3.8, 4) is 0 Å². The quantitative estimate of drug-likeness (QED) is 0.411. The zero-order valence-electron chi connectivity index (χ0n) is 15.3. The Morgan fingerprint density at radius 3 is 2.54 bits per heavy atom. The van der Waals surface area contributed by atoms with Crippen LogP contribution in [0.5, 0.6) is 0 Å². The lowest BCUT2D eigenvalue weighted by Crippen LogP contribution is -2.51. The highest BCUT2D eigenvalue weighted by atomic mass is 35.5. The number of rotatable bonds is 6. The van der Waals surface area contributed by atoms with Gasteiger partial charge in [-0.25, -0.2) is 13.1 Å². The summed E-state index contributed by atoms with van der Waals surface area (Å²) in [5.41, 5.74) is 7.20. The van der Waals surface area contributed by atoms with Crippen LogP contribution in [0.25, 0.3) is 0 Å². The largest absolute Gasteiger partial charge is 0.370 e. The van der Waals surface area contributed by atoms with Gasteiger partial charge in [0.25, 0.3) is 0 Å². The summed E-state index contributed by atoms with van der Waals surface area (Å²) in [5, 5.41) is 0.720. The molecule has 0 bridgehead atoms. The van der Waals surface area contributed by atoms with Crippen LogP contribution in [-0.2, 0) is 10.0 Å². The number of sulfonamides is 1. The van der Waals surface area contributed by atoms with Crippen molar-refractivity contribution in [2.45, 2.75) is 4.90 Å². The average Bonchev–Trinajstić information content (AvgIpc) is 2.72. The third-order valence-electron chi connectivity index (χ3n) is 4.42. The second-order valence-corrected chi connectivity index (χ2v) is 8.48. The molecule has 1 aliphatic rings. The number of nitrogens with one attached hydrogen (secondary N) is 1. The van der Waals surface area contributed by atoms with Gasteiger partial charge in [0.15, 0.2) is 5.96 Å². The molecule has 2 heterocycles. The Kier molecular flexibility index (Phi) is 6.71. The number of hydrogen-bond acceptors (Lipinski definition) is 5. The first-order chi connectivity index (χ1) is 13.5. The normalized spacial score (nSPS) is 15.7. The maximum absolute atomic E-state index is 12.1. The van der Waals surface area contributed by atoms with E-state index in [1.807, 2.05) is 29.2 Å². The second-order valence-electron chi connectivity index (χ2n) is 6.28. The summed E-state index contributed by atoms with van der Waals surface area (Å²) in [6.45, 7) is 3.58. The molecule has 1 aliphatic heterocycles. The molecule has 150 valence electrons. The number of nitrogens with two attached hydrogens (primary N) is 1. The smallest absolute Gasteiger partial charge is 0.242 e. The van der Waals surface area contributed by atoms with Gasteiger partial charge in [-0.3, -0.25) is 9.98 Å². The van der Waals surface area contributed by atoms with E-state index in [2.05, 4.69) is 19.6 Å². The molecular weight excluding hydrogens is 400 g/mol. The summed E-state index contributed by atoms with van der Waals surface area (Å²) in [6, 6.07) is 10.8. The SMILES string of the molecule is NC(=NCCNS(=O)(=O)c1cccnc1)N1CCN(c2ccc(Cl)cc2)CC1. The number of benzene rings is 1. The zero-order valence-corrected chi connectivity index (χ0v) is 16.9.